The van der Waals surface area contributed by atoms with Crippen LogP contribution in [0, 0.1) is 0 Å². The molecule has 1 aliphatic heterocycles. The fourth-order valence-corrected chi connectivity index (χ4v) is 4.63. The number of benzene rings is 3. The quantitative estimate of drug-likeness (QED) is 0.360. The van der Waals surface area contributed by atoms with E-state index in [1.54, 1.807) is 48.5 Å². The van der Waals surface area contributed by atoms with E-state index in [9.17, 15) is 14.4 Å². The molecule has 0 atom stereocenters. The molecule has 0 unspecified atom stereocenters. The maximum absolute atomic E-state index is 12.8. The van der Waals surface area contributed by atoms with E-state index in [1.165, 1.54) is 12.0 Å². The average molecular weight is 553 g/mol. The van der Waals surface area contributed by atoms with Gasteiger partial charge in [0.1, 0.15) is 11.5 Å². The normalized spacial score (nSPS) is 14.3. The fourth-order valence-electron chi connectivity index (χ4n) is 3.35. The maximum Gasteiger partial charge on any atom is 0.293 e. The van der Waals surface area contributed by atoms with Crippen LogP contribution in [0.15, 0.2) is 82.2 Å². The van der Waals surface area contributed by atoms with E-state index in [1.807, 2.05) is 30.3 Å². The lowest BCUT2D eigenvalue weighted by molar-refractivity contribution is -0.123. The Morgan fingerprint density at radius 2 is 1.83 bits per heavy atom. The second kappa shape index (κ2) is 11.2. The summed E-state index contributed by atoms with van der Waals surface area (Å²) >= 11 is 4.32. The van der Waals surface area contributed by atoms with Gasteiger partial charge in [0.25, 0.3) is 17.1 Å². The summed E-state index contributed by atoms with van der Waals surface area (Å²) in [4.78, 5) is 39.0. The number of nitrogens with zero attached hydrogens (tertiary/aromatic N) is 1. The topological polar surface area (TPSA) is 84.9 Å². The zero-order valence-corrected chi connectivity index (χ0v) is 21.1. The largest absolute Gasteiger partial charge is 0.495 e. The number of imide groups is 1. The number of carbonyl (C=O) groups is 3. The number of thioether (sulfide) groups is 1. The van der Waals surface area contributed by atoms with Gasteiger partial charge >= 0.3 is 0 Å². The van der Waals surface area contributed by atoms with Crippen LogP contribution in [-0.4, -0.2) is 35.7 Å². The first-order valence-electron chi connectivity index (χ1n) is 10.6. The lowest BCUT2D eigenvalue weighted by atomic mass is 10.2. The van der Waals surface area contributed by atoms with Crippen LogP contribution < -0.4 is 14.8 Å². The van der Waals surface area contributed by atoms with Gasteiger partial charge in [-0.15, -0.1) is 0 Å². The molecular weight excluding hydrogens is 532 g/mol. The van der Waals surface area contributed by atoms with Crippen molar-refractivity contribution >= 4 is 56.5 Å². The number of para-hydroxylation sites is 2. The van der Waals surface area contributed by atoms with Crippen LogP contribution >= 0.6 is 27.7 Å². The summed E-state index contributed by atoms with van der Waals surface area (Å²) in [7, 11) is 1.53. The van der Waals surface area contributed by atoms with Crippen molar-refractivity contribution in [2.45, 2.75) is 6.54 Å². The van der Waals surface area contributed by atoms with Crippen molar-refractivity contribution in [1.29, 1.82) is 0 Å². The second-order valence-corrected chi connectivity index (χ2v) is 9.41. The zero-order chi connectivity index (χ0) is 24.8. The van der Waals surface area contributed by atoms with Gasteiger partial charge in [0, 0.05) is 4.47 Å². The molecule has 1 N–H and O–H groups in total. The van der Waals surface area contributed by atoms with E-state index in [-0.39, 0.29) is 30.2 Å². The number of nitrogens with one attached hydrogen (secondary N) is 1. The van der Waals surface area contributed by atoms with Gasteiger partial charge in [-0.1, -0.05) is 52.3 Å². The molecule has 0 saturated carbocycles. The van der Waals surface area contributed by atoms with Crippen LogP contribution in [0.4, 0.5) is 10.5 Å². The smallest absolute Gasteiger partial charge is 0.293 e. The van der Waals surface area contributed by atoms with Crippen molar-refractivity contribution < 1.29 is 23.9 Å². The number of ether oxygens (including phenoxy) is 2. The van der Waals surface area contributed by atoms with Gasteiger partial charge in [0.05, 0.1) is 24.2 Å². The number of carbonyl (C=O) groups excluding carboxylic acids is 3. The van der Waals surface area contributed by atoms with E-state index in [0.717, 1.165) is 27.4 Å². The standard InChI is InChI=1S/C26H21BrN2O5S/c1-33-22-8-3-2-7-21(22)28-24(30)16-34-20-11-9-17(10-12-20)14-23-25(31)29(26(32)35-23)15-18-5-4-6-19(27)13-18/h2-14H,15-16H2,1H3,(H,28,30)/b23-14-. The highest BCUT2D eigenvalue weighted by atomic mass is 79.9. The predicted octanol–water partition coefficient (Wildman–Crippen LogP) is 5.71. The molecule has 3 aromatic rings. The Morgan fingerprint density at radius 1 is 1.06 bits per heavy atom. The lowest BCUT2D eigenvalue weighted by Crippen LogP contribution is -2.27. The third kappa shape index (κ3) is 6.32. The van der Waals surface area contributed by atoms with Crippen molar-refractivity contribution in [3.05, 3.63) is 93.3 Å². The van der Waals surface area contributed by atoms with E-state index >= 15 is 0 Å². The third-order valence-electron chi connectivity index (χ3n) is 5.03. The summed E-state index contributed by atoms with van der Waals surface area (Å²) in [6.07, 6.45) is 1.67. The van der Waals surface area contributed by atoms with E-state index < -0.39 is 0 Å². The van der Waals surface area contributed by atoms with Crippen LogP contribution in [0.1, 0.15) is 11.1 Å². The number of hydrogen-bond acceptors (Lipinski definition) is 6. The Labute approximate surface area is 215 Å². The van der Waals surface area contributed by atoms with E-state index in [0.29, 0.717) is 22.1 Å². The van der Waals surface area contributed by atoms with Crippen molar-refractivity contribution in [3.63, 3.8) is 0 Å². The minimum absolute atomic E-state index is 0.175. The van der Waals surface area contributed by atoms with Gasteiger partial charge in [-0.25, -0.2) is 0 Å². The van der Waals surface area contributed by atoms with Crippen LogP contribution in [0.5, 0.6) is 11.5 Å². The number of hydrogen-bond donors (Lipinski definition) is 1. The molecule has 1 heterocycles. The minimum Gasteiger partial charge on any atom is -0.495 e. The molecule has 1 saturated heterocycles. The monoisotopic (exact) mass is 552 g/mol. The molecular formula is C26H21BrN2O5S. The Balaban J connectivity index is 1.34. The van der Waals surface area contributed by atoms with Crippen LogP contribution in [0.3, 0.4) is 0 Å². The zero-order valence-electron chi connectivity index (χ0n) is 18.7. The van der Waals surface area contributed by atoms with Crippen molar-refractivity contribution in [3.8, 4) is 11.5 Å². The van der Waals surface area contributed by atoms with Crippen LogP contribution in [0.2, 0.25) is 0 Å². The SMILES string of the molecule is COc1ccccc1NC(=O)COc1ccc(/C=C2\SC(=O)N(Cc3cccc(Br)c3)C2=O)cc1. The molecule has 35 heavy (non-hydrogen) atoms. The molecule has 3 aromatic carbocycles. The molecule has 178 valence electrons. The van der Waals surface area contributed by atoms with Crippen LogP contribution in [-0.2, 0) is 16.1 Å². The summed E-state index contributed by atoms with van der Waals surface area (Å²) in [5.74, 6) is 0.414. The molecule has 0 radical (unpaired) electrons. The maximum atomic E-state index is 12.8. The van der Waals surface area contributed by atoms with Gasteiger partial charge < -0.3 is 14.8 Å². The fraction of sp³-hybridized carbons (Fsp3) is 0.115. The summed E-state index contributed by atoms with van der Waals surface area (Å²) < 4.78 is 11.7. The van der Waals surface area contributed by atoms with E-state index in [4.69, 9.17) is 9.47 Å². The minimum atomic E-state index is -0.326. The molecule has 0 aromatic heterocycles. The molecule has 0 aliphatic carbocycles. The van der Waals surface area contributed by atoms with Gasteiger partial charge in [0.2, 0.25) is 0 Å². The number of amides is 3. The lowest BCUT2D eigenvalue weighted by Gasteiger charge is -2.12. The van der Waals surface area contributed by atoms with Crippen molar-refractivity contribution in [1.82, 2.24) is 4.90 Å². The van der Waals surface area contributed by atoms with Crippen molar-refractivity contribution in [2.75, 3.05) is 19.0 Å². The predicted molar refractivity (Wildman–Crippen MR) is 139 cm³/mol. The summed E-state index contributed by atoms with van der Waals surface area (Å²) in [6.45, 7) is 0.0387. The van der Waals surface area contributed by atoms with E-state index in [2.05, 4.69) is 21.2 Å². The van der Waals surface area contributed by atoms with Gasteiger partial charge in [0.15, 0.2) is 6.61 Å². The molecule has 9 heteroatoms. The first-order valence-corrected chi connectivity index (χ1v) is 12.2. The molecule has 4 rings (SSSR count). The number of methoxy groups -OCH3 is 1. The van der Waals surface area contributed by atoms with Gasteiger partial charge in [-0.05, 0) is 65.4 Å². The summed E-state index contributed by atoms with van der Waals surface area (Å²) in [5, 5.41) is 2.44. The second-order valence-electron chi connectivity index (χ2n) is 7.50. The Kier molecular flexibility index (Phi) is 7.89. The highest BCUT2D eigenvalue weighted by Gasteiger charge is 2.35. The first-order chi connectivity index (χ1) is 16.9. The Morgan fingerprint density at radius 3 is 2.57 bits per heavy atom. The van der Waals surface area contributed by atoms with Crippen molar-refractivity contribution in [2.24, 2.45) is 0 Å². The number of halogens is 1. The van der Waals surface area contributed by atoms with Gasteiger partial charge in [-0.2, -0.15) is 0 Å². The average Bonchev–Trinajstić information content (AvgIpc) is 3.11. The molecule has 7 nitrogen and oxygen atoms in total. The number of anilines is 1. The molecule has 3 amide bonds. The molecule has 0 bridgehead atoms. The molecule has 0 spiro atoms. The highest BCUT2D eigenvalue weighted by Crippen LogP contribution is 2.33. The molecule has 1 aliphatic rings. The van der Waals surface area contributed by atoms with Crippen LogP contribution in [0.25, 0.3) is 6.08 Å². The Bertz CT molecular complexity index is 1290. The number of rotatable bonds is 8. The first kappa shape index (κ1) is 24.6. The summed E-state index contributed by atoms with van der Waals surface area (Å²) in [6, 6.07) is 21.5. The molecule has 1 fully saturated rings. The summed E-state index contributed by atoms with van der Waals surface area (Å²) in [5.41, 5.74) is 2.16. The third-order valence-corrected chi connectivity index (χ3v) is 6.43. The van der Waals surface area contributed by atoms with Gasteiger partial charge in [-0.3, -0.25) is 19.3 Å². The highest BCUT2D eigenvalue weighted by molar-refractivity contribution is 9.10. The Hall–Kier alpha value is -3.56.